The molecule has 2 unspecified atom stereocenters. The fourth-order valence-corrected chi connectivity index (χ4v) is 1.52. The van der Waals surface area contributed by atoms with Gasteiger partial charge in [-0.15, -0.1) is 0 Å². The Morgan fingerprint density at radius 2 is 2.00 bits per heavy atom. The maximum Gasteiger partial charge on any atom is 0.224 e. The summed E-state index contributed by atoms with van der Waals surface area (Å²) in [6, 6.07) is 7.89. The van der Waals surface area contributed by atoms with Gasteiger partial charge in [0.1, 0.15) is 0 Å². The van der Waals surface area contributed by atoms with Crippen molar-refractivity contribution in [2.45, 2.75) is 39.3 Å². The second kappa shape index (κ2) is 7.01. The van der Waals surface area contributed by atoms with Crippen LogP contribution >= 0.6 is 0 Å². The summed E-state index contributed by atoms with van der Waals surface area (Å²) in [7, 11) is 1.70. The molecular weight excluding hydrogens is 228 g/mol. The minimum absolute atomic E-state index is 0.0189. The molecule has 0 radical (unpaired) electrons. The number of methoxy groups -OCH3 is 1. The largest absolute Gasteiger partial charge is 0.380 e. The molecule has 0 spiro atoms. The van der Waals surface area contributed by atoms with Crippen LogP contribution < -0.4 is 10.6 Å². The van der Waals surface area contributed by atoms with Crippen molar-refractivity contribution in [3.63, 3.8) is 0 Å². The molecule has 1 aromatic rings. The summed E-state index contributed by atoms with van der Waals surface area (Å²) < 4.78 is 5.26. The molecule has 4 heteroatoms. The Kier molecular flexibility index (Phi) is 5.65. The highest BCUT2D eigenvalue weighted by Gasteiger charge is 2.10. The smallest absolute Gasteiger partial charge is 0.224 e. The Bertz CT molecular complexity index is 393. The summed E-state index contributed by atoms with van der Waals surface area (Å²) in [6.07, 6.45) is 0.605. The quantitative estimate of drug-likeness (QED) is 0.816. The van der Waals surface area contributed by atoms with Crippen LogP contribution in [0.5, 0.6) is 0 Å². The number of rotatable bonds is 6. The fourth-order valence-electron chi connectivity index (χ4n) is 1.52. The van der Waals surface area contributed by atoms with Crippen molar-refractivity contribution in [2.75, 3.05) is 17.7 Å². The normalized spacial score (nSPS) is 13.8. The average molecular weight is 250 g/mol. The molecule has 0 aliphatic rings. The molecule has 1 aromatic carbocycles. The van der Waals surface area contributed by atoms with Gasteiger partial charge in [0, 0.05) is 30.9 Å². The Hall–Kier alpha value is -1.55. The van der Waals surface area contributed by atoms with Crippen LogP contribution in [0.2, 0.25) is 0 Å². The average Bonchev–Trinajstić information content (AvgIpc) is 2.37. The number of nitrogens with one attached hydrogen (secondary N) is 2. The SMILES string of the molecule is CCC(=O)Nc1cccc(NC(C)C(C)OC)c1. The van der Waals surface area contributed by atoms with E-state index in [9.17, 15) is 4.79 Å². The molecular formula is C14H22N2O2. The zero-order valence-corrected chi connectivity index (χ0v) is 11.5. The van der Waals surface area contributed by atoms with Gasteiger partial charge in [-0.3, -0.25) is 4.79 Å². The molecule has 4 nitrogen and oxygen atoms in total. The topological polar surface area (TPSA) is 50.4 Å². The van der Waals surface area contributed by atoms with E-state index < -0.39 is 0 Å². The molecule has 0 fully saturated rings. The van der Waals surface area contributed by atoms with E-state index in [-0.39, 0.29) is 18.1 Å². The number of anilines is 2. The van der Waals surface area contributed by atoms with Crippen molar-refractivity contribution in [2.24, 2.45) is 0 Å². The van der Waals surface area contributed by atoms with Crippen LogP contribution in [0.4, 0.5) is 11.4 Å². The van der Waals surface area contributed by atoms with Crippen LogP contribution in [0.25, 0.3) is 0 Å². The number of carbonyl (C=O) groups excluding carboxylic acids is 1. The summed E-state index contributed by atoms with van der Waals surface area (Å²) in [5.41, 5.74) is 1.78. The summed E-state index contributed by atoms with van der Waals surface area (Å²) in [5.74, 6) is 0.0189. The van der Waals surface area contributed by atoms with E-state index in [4.69, 9.17) is 4.74 Å². The maximum absolute atomic E-state index is 11.3. The molecule has 0 bridgehead atoms. The number of hydrogen-bond acceptors (Lipinski definition) is 3. The Balaban J connectivity index is 2.67. The Morgan fingerprint density at radius 1 is 1.33 bits per heavy atom. The zero-order chi connectivity index (χ0) is 13.5. The van der Waals surface area contributed by atoms with E-state index in [0.717, 1.165) is 11.4 Å². The summed E-state index contributed by atoms with van der Waals surface area (Å²) in [5, 5.41) is 6.19. The lowest BCUT2D eigenvalue weighted by Gasteiger charge is -2.21. The summed E-state index contributed by atoms with van der Waals surface area (Å²) >= 11 is 0. The number of amides is 1. The predicted octanol–water partition coefficient (Wildman–Crippen LogP) is 2.87. The molecule has 0 saturated heterocycles. The van der Waals surface area contributed by atoms with E-state index in [1.807, 2.05) is 38.1 Å². The van der Waals surface area contributed by atoms with Gasteiger partial charge in [0.25, 0.3) is 0 Å². The van der Waals surface area contributed by atoms with Gasteiger partial charge in [0.05, 0.1) is 6.10 Å². The highest BCUT2D eigenvalue weighted by molar-refractivity contribution is 5.90. The van der Waals surface area contributed by atoms with Gasteiger partial charge in [-0.25, -0.2) is 0 Å². The second-order valence-electron chi connectivity index (χ2n) is 4.36. The van der Waals surface area contributed by atoms with Gasteiger partial charge in [-0.2, -0.15) is 0 Å². The molecule has 2 atom stereocenters. The van der Waals surface area contributed by atoms with Crippen LogP contribution in [-0.2, 0) is 9.53 Å². The highest BCUT2D eigenvalue weighted by Crippen LogP contribution is 2.17. The number of carbonyl (C=O) groups is 1. The lowest BCUT2D eigenvalue weighted by atomic mass is 10.2. The molecule has 0 saturated carbocycles. The molecule has 18 heavy (non-hydrogen) atoms. The minimum atomic E-state index is 0.0189. The Labute approximate surface area is 109 Å². The number of hydrogen-bond donors (Lipinski definition) is 2. The molecule has 2 N–H and O–H groups in total. The first-order valence-corrected chi connectivity index (χ1v) is 6.26. The molecule has 0 aliphatic heterocycles. The Morgan fingerprint density at radius 3 is 2.61 bits per heavy atom. The van der Waals surface area contributed by atoms with Crippen molar-refractivity contribution in [3.8, 4) is 0 Å². The van der Waals surface area contributed by atoms with Crippen LogP contribution in [0.15, 0.2) is 24.3 Å². The lowest BCUT2D eigenvalue weighted by molar-refractivity contribution is -0.115. The summed E-state index contributed by atoms with van der Waals surface area (Å²) in [4.78, 5) is 11.3. The number of ether oxygens (including phenoxy) is 1. The second-order valence-corrected chi connectivity index (χ2v) is 4.36. The predicted molar refractivity (Wildman–Crippen MR) is 74.9 cm³/mol. The zero-order valence-electron chi connectivity index (χ0n) is 11.5. The van der Waals surface area contributed by atoms with Gasteiger partial charge in [-0.05, 0) is 32.0 Å². The van der Waals surface area contributed by atoms with Crippen LogP contribution in [0.1, 0.15) is 27.2 Å². The highest BCUT2D eigenvalue weighted by atomic mass is 16.5. The number of benzene rings is 1. The molecule has 0 heterocycles. The fraction of sp³-hybridized carbons (Fsp3) is 0.500. The van der Waals surface area contributed by atoms with Gasteiger partial charge in [0.15, 0.2) is 0 Å². The van der Waals surface area contributed by atoms with Crippen molar-refractivity contribution < 1.29 is 9.53 Å². The van der Waals surface area contributed by atoms with Gasteiger partial charge in [-0.1, -0.05) is 13.0 Å². The summed E-state index contributed by atoms with van der Waals surface area (Å²) in [6.45, 7) is 5.91. The molecule has 100 valence electrons. The van der Waals surface area contributed by atoms with Gasteiger partial charge in [0.2, 0.25) is 5.91 Å². The minimum Gasteiger partial charge on any atom is -0.380 e. The monoisotopic (exact) mass is 250 g/mol. The van der Waals surface area contributed by atoms with Crippen LogP contribution in [-0.4, -0.2) is 25.2 Å². The molecule has 1 amide bonds. The van der Waals surface area contributed by atoms with E-state index in [2.05, 4.69) is 17.6 Å². The van der Waals surface area contributed by atoms with Gasteiger partial charge < -0.3 is 15.4 Å². The maximum atomic E-state index is 11.3. The lowest BCUT2D eigenvalue weighted by Crippen LogP contribution is -2.29. The van der Waals surface area contributed by atoms with E-state index in [1.165, 1.54) is 0 Å². The first kappa shape index (κ1) is 14.5. The molecule has 0 aliphatic carbocycles. The standard InChI is InChI=1S/C14H22N2O2/c1-5-14(17)16-13-8-6-7-12(9-13)15-10(2)11(3)18-4/h6-11,15H,5H2,1-4H3,(H,16,17). The van der Waals surface area contributed by atoms with Gasteiger partial charge >= 0.3 is 0 Å². The molecule has 0 aromatic heterocycles. The third-order valence-corrected chi connectivity index (χ3v) is 2.94. The third-order valence-electron chi connectivity index (χ3n) is 2.94. The van der Waals surface area contributed by atoms with Crippen LogP contribution in [0, 0.1) is 0 Å². The van der Waals surface area contributed by atoms with Crippen LogP contribution in [0.3, 0.4) is 0 Å². The van der Waals surface area contributed by atoms with Crippen molar-refractivity contribution in [3.05, 3.63) is 24.3 Å². The van der Waals surface area contributed by atoms with E-state index in [1.54, 1.807) is 7.11 Å². The first-order chi connectivity index (χ1) is 8.56. The van der Waals surface area contributed by atoms with E-state index >= 15 is 0 Å². The van der Waals surface area contributed by atoms with Crippen molar-refractivity contribution in [1.29, 1.82) is 0 Å². The molecule has 1 rings (SSSR count). The van der Waals surface area contributed by atoms with E-state index in [0.29, 0.717) is 6.42 Å². The van der Waals surface area contributed by atoms with Crippen molar-refractivity contribution in [1.82, 2.24) is 0 Å². The third kappa shape index (κ3) is 4.37. The first-order valence-electron chi connectivity index (χ1n) is 6.26. The van der Waals surface area contributed by atoms with Crippen molar-refractivity contribution >= 4 is 17.3 Å².